The van der Waals surface area contributed by atoms with Gasteiger partial charge in [-0.05, 0) is 36.4 Å². The van der Waals surface area contributed by atoms with E-state index in [9.17, 15) is 5.11 Å². The Balaban J connectivity index is 1.95. The number of halogens is 1. The van der Waals surface area contributed by atoms with Crippen molar-refractivity contribution in [1.82, 2.24) is 4.98 Å². The molecule has 0 aliphatic rings. The molecule has 2 nitrogen and oxygen atoms in total. The van der Waals surface area contributed by atoms with Crippen LogP contribution in [0.5, 0.6) is 5.75 Å². The number of phenolic OH excluding ortho intramolecular Hbond substituents is 1. The van der Waals surface area contributed by atoms with Crippen LogP contribution >= 0.6 is 22.9 Å². The second-order valence-electron chi connectivity index (χ2n) is 4.09. The smallest absolute Gasteiger partial charge is 0.124 e. The van der Waals surface area contributed by atoms with Crippen molar-refractivity contribution in [2.24, 2.45) is 0 Å². The molecule has 19 heavy (non-hydrogen) atoms. The second-order valence-corrected chi connectivity index (χ2v) is 5.39. The number of thiazole rings is 1. The Kier molecular flexibility index (Phi) is 3.23. The van der Waals surface area contributed by atoms with Crippen LogP contribution in [-0.4, -0.2) is 10.1 Å². The van der Waals surface area contributed by atoms with Crippen LogP contribution in [0, 0.1) is 0 Å². The van der Waals surface area contributed by atoms with Crippen molar-refractivity contribution >= 4 is 22.9 Å². The van der Waals surface area contributed by atoms with Crippen molar-refractivity contribution in [2.45, 2.75) is 0 Å². The molecule has 4 heteroatoms. The zero-order valence-electron chi connectivity index (χ0n) is 9.88. The molecule has 1 heterocycles. The predicted molar refractivity (Wildman–Crippen MR) is 79.7 cm³/mol. The van der Waals surface area contributed by atoms with Gasteiger partial charge in [-0.2, -0.15) is 0 Å². The number of nitrogens with zero attached hydrogens (tertiary/aromatic N) is 1. The van der Waals surface area contributed by atoms with Crippen LogP contribution in [0.1, 0.15) is 0 Å². The Bertz CT molecular complexity index is 629. The zero-order valence-corrected chi connectivity index (χ0v) is 11.4. The first-order chi connectivity index (χ1) is 9.22. The average molecular weight is 288 g/mol. The maximum absolute atomic E-state index is 9.28. The van der Waals surface area contributed by atoms with E-state index < -0.39 is 0 Å². The number of hydrogen-bond donors (Lipinski definition) is 1. The van der Waals surface area contributed by atoms with Crippen molar-refractivity contribution in [1.29, 1.82) is 0 Å². The van der Waals surface area contributed by atoms with E-state index in [-0.39, 0.29) is 5.75 Å². The maximum atomic E-state index is 9.28. The highest BCUT2D eigenvalue weighted by molar-refractivity contribution is 7.13. The lowest BCUT2D eigenvalue weighted by Gasteiger charge is -1.97. The van der Waals surface area contributed by atoms with E-state index in [2.05, 4.69) is 4.98 Å². The fraction of sp³-hybridized carbons (Fsp3) is 0. The van der Waals surface area contributed by atoms with E-state index in [0.29, 0.717) is 0 Å². The maximum Gasteiger partial charge on any atom is 0.124 e. The SMILES string of the molecule is Oc1ccc(-c2csc(-c3ccc(Cl)cc3)n2)cc1. The van der Waals surface area contributed by atoms with Gasteiger partial charge < -0.3 is 5.11 Å². The molecule has 0 saturated heterocycles. The molecule has 0 aliphatic carbocycles. The highest BCUT2D eigenvalue weighted by atomic mass is 35.5. The third-order valence-electron chi connectivity index (χ3n) is 2.76. The summed E-state index contributed by atoms with van der Waals surface area (Å²) >= 11 is 7.47. The molecule has 0 spiro atoms. The van der Waals surface area contributed by atoms with Crippen molar-refractivity contribution in [2.75, 3.05) is 0 Å². The molecule has 0 bridgehead atoms. The monoisotopic (exact) mass is 287 g/mol. The van der Waals surface area contributed by atoms with Gasteiger partial charge in [-0.25, -0.2) is 4.98 Å². The number of benzene rings is 2. The van der Waals surface area contributed by atoms with E-state index in [0.717, 1.165) is 26.9 Å². The molecular formula is C15H10ClNOS. The normalized spacial score (nSPS) is 10.6. The molecule has 3 rings (SSSR count). The Morgan fingerprint density at radius 2 is 1.53 bits per heavy atom. The number of aromatic hydroxyl groups is 1. The van der Waals surface area contributed by atoms with E-state index in [1.807, 2.05) is 41.8 Å². The highest BCUT2D eigenvalue weighted by Crippen LogP contribution is 2.30. The molecule has 3 aromatic rings. The van der Waals surface area contributed by atoms with Gasteiger partial charge in [-0.1, -0.05) is 23.7 Å². The molecule has 2 aromatic carbocycles. The van der Waals surface area contributed by atoms with Crippen LogP contribution in [0.15, 0.2) is 53.9 Å². The topological polar surface area (TPSA) is 33.1 Å². The Hall–Kier alpha value is -1.84. The van der Waals surface area contributed by atoms with Crippen LogP contribution in [0.25, 0.3) is 21.8 Å². The summed E-state index contributed by atoms with van der Waals surface area (Å²) in [5, 5.41) is 13.0. The lowest BCUT2D eigenvalue weighted by Crippen LogP contribution is -1.79. The van der Waals surface area contributed by atoms with E-state index in [4.69, 9.17) is 11.6 Å². The Morgan fingerprint density at radius 1 is 0.895 bits per heavy atom. The molecule has 0 fully saturated rings. The lowest BCUT2D eigenvalue weighted by atomic mass is 10.1. The van der Waals surface area contributed by atoms with E-state index >= 15 is 0 Å². The zero-order chi connectivity index (χ0) is 13.2. The van der Waals surface area contributed by atoms with E-state index in [1.54, 1.807) is 23.5 Å². The fourth-order valence-electron chi connectivity index (χ4n) is 1.76. The number of rotatable bonds is 2. The molecule has 0 radical (unpaired) electrons. The van der Waals surface area contributed by atoms with Crippen LogP contribution in [0.2, 0.25) is 5.02 Å². The third-order valence-corrected chi connectivity index (χ3v) is 3.90. The van der Waals surface area contributed by atoms with Gasteiger partial charge in [-0.15, -0.1) is 11.3 Å². The summed E-state index contributed by atoms with van der Waals surface area (Å²) in [5.74, 6) is 0.261. The number of phenols is 1. The summed E-state index contributed by atoms with van der Waals surface area (Å²) in [6, 6.07) is 14.7. The number of hydrogen-bond acceptors (Lipinski definition) is 3. The average Bonchev–Trinajstić information content (AvgIpc) is 2.90. The third kappa shape index (κ3) is 2.62. The fourth-order valence-corrected chi connectivity index (χ4v) is 2.72. The minimum atomic E-state index is 0.261. The van der Waals surface area contributed by atoms with Gasteiger partial charge in [0.1, 0.15) is 10.8 Å². The van der Waals surface area contributed by atoms with Gasteiger partial charge in [0.05, 0.1) is 5.69 Å². The van der Waals surface area contributed by atoms with Gasteiger partial charge in [-0.3, -0.25) is 0 Å². The molecule has 0 aliphatic heterocycles. The second kappa shape index (κ2) is 5.03. The van der Waals surface area contributed by atoms with Gasteiger partial charge in [0.15, 0.2) is 0 Å². The van der Waals surface area contributed by atoms with Gasteiger partial charge in [0.2, 0.25) is 0 Å². The molecule has 0 unspecified atom stereocenters. The molecule has 1 aromatic heterocycles. The summed E-state index contributed by atoms with van der Waals surface area (Å²) < 4.78 is 0. The summed E-state index contributed by atoms with van der Waals surface area (Å²) in [4.78, 5) is 4.60. The first-order valence-electron chi connectivity index (χ1n) is 5.73. The van der Waals surface area contributed by atoms with Crippen molar-refractivity contribution in [3.63, 3.8) is 0 Å². The molecule has 94 valence electrons. The molecule has 0 atom stereocenters. The highest BCUT2D eigenvalue weighted by Gasteiger charge is 2.06. The summed E-state index contributed by atoms with van der Waals surface area (Å²) in [7, 11) is 0. The summed E-state index contributed by atoms with van der Waals surface area (Å²) in [6.45, 7) is 0. The first-order valence-corrected chi connectivity index (χ1v) is 6.99. The molecular weight excluding hydrogens is 278 g/mol. The Labute approximate surface area is 120 Å². The minimum absolute atomic E-state index is 0.261. The summed E-state index contributed by atoms with van der Waals surface area (Å²) in [5.41, 5.74) is 2.96. The van der Waals surface area contributed by atoms with Crippen molar-refractivity contribution < 1.29 is 5.11 Å². The van der Waals surface area contributed by atoms with Crippen LogP contribution < -0.4 is 0 Å². The van der Waals surface area contributed by atoms with Crippen molar-refractivity contribution in [3.8, 4) is 27.6 Å². The molecule has 1 N–H and O–H groups in total. The quantitative estimate of drug-likeness (QED) is 0.732. The van der Waals surface area contributed by atoms with Gasteiger partial charge in [0, 0.05) is 21.5 Å². The van der Waals surface area contributed by atoms with Crippen LogP contribution in [0.3, 0.4) is 0 Å². The Morgan fingerprint density at radius 3 is 2.21 bits per heavy atom. The first kappa shape index (κ1) is 12.2. The van der Waals surface area contributed by atoms with Crippen molar-refractivity contribution in [3.05, 3.63) is 58.9 Å². The molecule has 0 amide bonds. The number of aromatic nitrogens is 1. The summed E-state index contributed by atoms with van der Waals surface area (Å²) in [6.07, 6.45) is 0. The minimum Gasteiger partial charge on any atom is -0.508 e. The largest absolute Gasteiger partial charge is 0.508 e. The van der Waals surface area contributed by atoms with Gasteiger partial charge >= 0.3 is 0 Å². The van der Waals surface area contributed by atoms with Crippen LogP contribution in [0.4, 0.5) is 0 Å². The predicted octanol–water partition coefficient (Wildman–Crippen LogP) is 4.84. The van der Waals surface area contributed by atoms with Crippen LogP contribution in [-0.2, 0) is 0 Å². The van der Waals surface area contributed by atoms with E-state index in [1.165, 1.54) is 0 Å². The molecule has 0 saturated carbocycles. The standard InChI is InChI=1S/C15H10ClNOS/c16-12-5-1-11(2-6-12)15-17-14(9-19-15)10-3-7-13(18)8-4-10/h1-9,18H. The lowest BCUT2D eigenvalue weighted by molar-refractivity contribution is 0.475. The van der Waals surface area contributed by atoms with Gasteiger partial charge in [0.25, 0.3) is 0 Å².